The molecule has 0 aliphatic heterocycles. The Morgan fingerprint density at radius 2 is 1.32 bits per heavy atom. The largest absolute Gasteiger partial charge is 0.439 e. The summed E-state index contributed by atoms with van der Waals surface area (Å²) in [5, 5.41) is 0.917. The van der Waals surface area contributed by atoms with Gasteiger partial charge in [0.2, 0.25) is 7.28 Å². The molecule has 0 unspecified atom stereocenters. The number of oxazole rings is 1. The Kier molecular flexibility index (Phi) is 11.7. The van der Waals surface area contributed by atoms with E-state index in [1.807, 2.05) is 85.0 Å². The van der Waals surface area contributed by atoms with Crippen molar-refractivity contribution >= 4 is 71.2 Å². The van der Waals surface area contributed by atoms with Crippen molar-refractivity contribution < 1.29 is 4.42 Å². The summed E-state index contributed by atoms with van der Waals surface area (Å²) in [4.78, 5) is 24.8. The zero-order valence-corrected chi connectivity index (χ0v) is 34.8. The van der Waals surface area contributed by atoms with Crippen LogP contribution in [0.1, 0.15) is 28.1 Å². The molecule has 60 heavy (non-hydrogen) atoms. The monoisotopic (exact) mass is 796 g/mol. The maximum atomic E-state index is 6.39. The van der Waals surface area contributed by atoms with E-state index in [-0.39, 0.29) is 0 Å². The normalized spacial score (nSPS) is 11.8. The molecule has 0 bridgehead atoms. The second-order valence-electron chi connectivity index (χ2n) is 14.0. The number of fused-ring (bicyclic) bond motifs is 1. The molecule has 0 atom stereocenters. The molecule has 0 fully saturated rings. The Balaban J connectivity index is 1.17. The molecule has 8 rings (SSSR count). The summed E-state index contributed by atoms with van der Waals surface area (Å²) in [6, 6.07) is 35.3. The van der Waals surface area contributed by atoms with Gasteiger partial charge in [0.1, 0.15) is 5.01 Å². The lowest BCUT2D eigenvalue weighted by Gasteiger charge is -2.08. The lowest BCUT2D eigenvalue weighted by molar-refractivity contribution is 0.554. The quantitative estimate of drug-likeness (QED) is 0.0805. The number of allylic oxidation sites excluding steroid dienone is 6. The molecule has 0 saturated heterocycles. The zero-order valence-electron chi connectivity index (χ0n) is 34.0. The maximum Gasteiger partial charge on any atom is 0.305 e. The number of benzene rings is 4. The van der Waals surface area contributed by atoms with Gasteiger partial charge in [0, 0.05) is 33.5 Å². The number of hydrogen-bond acceptors (Lipinski definition) is 7. The third kappa shape index (κ3) is 7.97. The molecular formula is C50H42B2N6OS. The smallest absolute Gasteiger partial charge is 0.305 e. The van der Waals surface area contributed by atoms with Gasteiger partial charge < -0.3 is 4.42 Å². The first-order valence-corrected chi connectivity index (χ1v) is 20.8. The Bertz CT molecular complexity index is 2920. The number of rotatable bonds is 14. The van der Waals surface area contributed by atoms with Gasteiger partial charge in [-0.05, 0) is 65.6 Å². The van der Waals surface area contributed by atoms with E-state index in [0.29, 0.717) is 23.5 Å². The van der Waals surface area contributed by atoms with Crippen LogP contribution in [0.25, 0.3) is 84.8 Å². The first-order chi connectivity index (χ1) is 29.4. The standard InChI is InChI=1S/C50H42B2N6OS/c1-7-10-25-39-32(4)58(50-54-41(26-11-8-2)45(52-6)59-50)44(51-5)40(39)30-33(9-3)36-23-18-24-38(29-36)49-53-42-31-37(27-28-43(42)60-49)48-56-46(34-19-14-12-15-20-34)55-47(57-48)35-21-16-13-17-22-35/h7-31,51-52H,1-3H2,4-6H3/b25-10-,26-11-,33-30+. The van der Waals surface area contributed by atoms with Crippen LogP contribution in [-0.4, -0.2) is 44.0 Å². The fraction of sp³-hybridized carbons (Fsp3) is 0.0600. The van der Waals surface area contributed by atoms with E-state index < -0.39 is 0 Å². The van der Waals surface area contributed by atoms with Crippen LogP contribution < -0.4 is 11.3 Å². The van der Waals surface area contributed by atoms with Crippen LogP contribution in [0.15, 0.2) is 158 Å². The fourth-order valence-corrected chi connectivity index (χ4v) is 8.24. The van der Waals surface area contributed by atoms with Crippen molar-refractivity contribution in [1.29, 1.82) is 0 Å². The van der Waals surface area contributed by atoms with Gasteiger partial charge in [-0.15, -0.1) is 11.3 Å². The average molecular weight is 797 g/mol. The van der Waals surface area contributed by atoms with Crippen molar-refractivity contribution in [2.45, 2.75) is 20.6 Å². The first-order valence-electron chi connectivity index (χ1n) is 20.0. The summed E-state index contributed by atoms with van der Waals surface area (Å²) in [6.07, 6.45) is 15.5. The fourth-order valence-electron chi connectivity index (χ4n) is 7.30. The Labute approximate surface area is 356 Å². The summed E-state index contributed by atoms with van der Waals surface area (Å²) >= 11 is 1.66. The number of nitrogens with zero attached hydrogens (tertiary/aromatic N) is 6. The van der Waals surface area contributed by atoms with Crippen LogP contribution >= 0.6 is 11.3 Å². The molecule has 0 spiro atoms. The molecular weight excluding hydrogens is 754 g/mol. The minimum Gasteiger partial charge on any atom is -0.439 e. The van der Waals surface area contributed by atoms with Gasteiger partial charge in [-0.2, -0.15) is 4.98 Å². The average Bonchev–Trinajstić information content (AvgIpc) is 3.99. The highest BCUT2D eigenvalue weighted by Crippen LogP contribution is 2.35. The third-order valence-corrected chi connectivity index (χ3v) is 11.3. The van der Waals surface area contributed by atoms with Crippen LogP contribution in [0.3, 0.4) is 0 Å². The van der Waals surface area contributed by atoms with Crippen molar-refractivity contribution in [2.24, 2.45) is 0 Å². The van der Waals surface area contributed by atoms with Crippen molar-refractivity contribution in [3.63, 3.8) is 0 Å². The van der Waals surface area contributed by atoms with Crippen molar-refractivity contribution in [1.82, 2.24) is 29.5 Å². The molecule has 4 heterocycles. The van der Waals surface area contributed by atoms with E-state index in [1.54, 1.807) is 23.5 Å². The number of thiazole rings is 1. The molecule has 0 aliphatic carbocycles. The molecule has 10 heteroatoms. The highest BCUT2D eigenvalue weighted by Gasteiger charge is 2.23. The predicted octanol–water partition coefficient (Wildman–Crippen LogP) is 10.6. The molecule has 4 aromatic heterocycles. The Hall–Kier alpha value is -7.16. The van der Waals surface area contributed by atoms with E-state index in [9.17, 15) is 0 Å². The van der Waals surface area contributed by atoms with Crippen molar-refractivity contribution in [3.05, 3.63) is 181 Å². The molecule has 7 nitrogen and oxygen atoms in total. The molecule has 0 amide bonds. The van der Waals surface area contributed by atoms with Gasteiger partial charge in [0.05, 0.1) is 21.6 Å². The summed E-state index contributed by atoms with van der Waals surface area (Å²) in [5.74, 6) is 1.84. The van der Waals surface area contributed by atoms with E-state index in [2.05, 4.69) is 99.5 Å². The second-order valence-corrected chi connectivity index (χ2v) is 15.1. The van der Waals surface area contributed by atoms with Crippen LogP contribution in [-0.2, 0) is 0 Å². The minimum atomic E-state index is 0.544. The van der Waals surface area contributed by atoms with Crippen molar-refractivity contribution in [2.75, 3.05) is 0 Å². The molecule has 0 aliphatic rings. The molecule has 4 aromatic carbocycles. The first kappa shape index (κ1) is 39.7. The summed E-state index contributed by atoms with van der Waals surface area (Å²) in [6.45, 7) is 18.4. The highest BCUT2D eigenvalue weighted by molar-refractivity contribution is 7.21. The lowest BCUT2D eigenvalue weighted by Crippen LogP contribution is -2.24. The highest BCUT2D eigenvalue weighted by atomic mass is 32.1. The number of aromatic nitrogens is 6. The van der Waals surface area contributed by atoms with Crippen LogP contribution in [0, 0.1) is 6.92 Å². The van der Waals surface area contributed by atoms with E-state index in [0.717, 1.165) is 96.9 Å². The van der Waals surface area contributed by atoms with Gasteiger partial charge in [-0.1, -0.05) is 149 Å². The van der Waals surface area contributed by atoms with E-state index in [1.165, 1.54) is 0 Å². The predicted molar refractivity (Wildman–Crippen MR) is 257 cm³/mol. The SMILES string of the molecule is C=C/C=C\c1nc(-n2c(C)c(/C=C\C=C)c(/C=C(\C=C)c3cccc(-c4nc5cc(-c6nc(-c7ccccc7)nc(-c7ccccc7)n6)ccc5s4)c3)c2BC)oc1BC. The molecule has 0 N–H and O–H groups in total. The van der Waals surface area contributed by atoms with E-state index >= 15 is 0 Å². The van der Waals surface area contributed by atoms with Gasteiger partial charge in [-0.3, -0.25) is 4.57 Å². The molecule has 0 radical (unpaired) electrons. The molecule has 8 aromatic rings. The van der Waals surface area contributed by atoms with Crippen LogP contribution in [0.4, 0.5) is 0 Å². The van der Waals surface area contributed by atoms with Crippen LogP contribution in [0.2, 0.25) is 13.6 Å². The number of hydrogen-bond donors (Lipinski definition) is 0. The van der Waals surface area contributed by atoms with E-state index in [4.69, 9.17) is 29.3 Å². The second kappa shape index (κ2) is 17.8. The maximum absolute atomic E-state index is 6.39. The van der Waals surface area contributed by atoms with Crippen molar-refractivity contribution in [3.8, 4) is 50.7 Å². The van der Waals surface area contributed by atoms with Gasteiger partial charge >= 0.3 is 6.01 Å². The van der Waals surface area contributed by atoms with Crippen LogP contribution in [0.5, 0.6) is 0 Å². The van der Waals surface area contributed by atoms with Gasteiger partial charge in [0.25, 0.3) is 0 Å². The minimum absolute atomic E-state index is 0.544. The Morgan fingerprint density at radius 1 is 0.667 bits per heavy atom. The third-order valence-electron chi connectivity index (χ3n) is 10.3. The summed E-state index contributed by atoms with van der Waals surface area (Å²) < 4.78 is 9.60. The van der Waals surface area contributed by atoms with Gasteiger partial charge in [0.15, 0.2) is 24.8 Å². The topological polar surface area (TPSA) is 82.5 Å². The summed E-state index contributed by atoms with van der Waals surface area (Å²) in [7, 11) is 1.47. The summed E-state index contributed by atoms with van der Waals surface area (Å²) in [5.41, 5.74) is 12.5. The lowest BCUT2D eigenvalue weighted by atomic mass is 9.74. The zero-order chi connectivity index (χ0) is 41.6. The van der Waals surface area contributed by atoms with Gasteiger partial charge in [-0.25, -0.2) is 19.9 Å². The molecule has 290 valence electrons. The Morgan fingerprint density at radius 3 is 1.95 bits per heavy atom. The molecule has 0 saturated carbocycles.